The molecule has 0 aliphatic heterocycles. The molecule has 7 heteroatoms. The molecule has 4 rings (SSSR count). The molecule has 2 heterocycles. The van der Waals surface area contributed by atoms with Crippen LogP contribution < -0.4 is 10.5 Å². The fourth-order valence-electron chi connectivity index (χ4n) is 3.32. The van der Waals surface area contributed by atoms with E-state index in [4.69, 9.17) is 10.5 Å². The highest BCUT2D eigenvalue weighted by molar-refractivity contribution is 5.55. The van der Waals surface area contributed by atoms with Gasteiger partial charge in [-0.3, -0.25) is 4.57 Å². The van der Waals surface area contributed by atoms with Crippen LogP contribution >= 0.6 is 0 Å². The van der Waals surface area contributed by atoms with Gasteiger partial charge in [0.05, 0.1) is 18.0 Å². The van der Waals surface area contributed by atoms with E-state index in [0.717, 1.165) is 18.7 Å². The number of para-hydroxylation sites is 1. The molecule has 140 valence electrons. The largest absolute Gasteiger partial charge is 0.489 e. The Morgan fingerprint density at radius 1 is 1.15 bits per heavy atom. The van der Waals surface area contributed by atoms with Crippen LogP contribution in [0.25, 0.3) is 17.2 Å². The maximum absolute atomic E-state index is 14.6. The molecule has 1 aliphatic carbocycles. The van der Waals surface area contributed by atoms with Gasteiger partial charge in [0, 0.05) is 12.0 Å². The van der Waals surface area contributed by atoms with Gasteiger partial charge in [-0.05, 0) is 51.0 Å². The highest BCUT2D eigenvalue weighted by atomic mass is 19.1. The van der Waals surface area contributed by atoms with Crippen molar-refractivity contribution in [3.05, 3.63) is 54.2 Å². The summed E-state index contributed by atoms with van der Waals surface area (Å²) in [5.74, 6) is 1.75. The van der Waals surface area contributed by atoms with Crippen molar-refractivity contribution in [2.75, 3.05) is 0 Å². The van der Waals surface area contributed by atoms with E-state index in [1.807, 2.05) is 26.0 Å². The SMILES string of the molecule is CC(C)Oc1ccc(-c2nnc(C3CC(N)C3)n2-c2ccccc2F)nc1. The molecule has 0 saturated heterocycles. The summed E-state index contributed by atoms with van der Waals surface area (Å²) in [4.78, 5) is 4.45. The molecule has 1 aliphatic rings. The van der Waals surface area contributed by atoms with E-state index in [0.29, 0.717) is 23.0 Å². The van der Waals surface area contributed by atoms with E-state index in [1.54, 1.807) is 29.0 Å². The molecular weight excluding hydrogens is 345 g/mol. The number of rotatable bonds is 5. The first-order valence-corrected chi connectivity index (χ1v) is 9.12. The number of aromatic nitrogens is 4. The molecule has 1 saturated carbocycles. The van der Waals surface area contributed by atoms with Gasteiger partial charge in [-0.1, -0.05) is 12.1 Å². The first-order chi connectivity index (χ1) is 13.0. The second kappa shape index (κ2) is 7.08. The Morgan fingerprint density at radius 2 is 1.93 bits per heavy atom. The van der Waals surface area contributed by atoms with Crippen LogP contribution in [0.5, 0.6) is 5.75 Å². The lowest BCUT2D eigenvalue weighted by Gasteiger charge is -2.31. The summed E-state index contributed by atoms with van der Waals surface area (Å²) in [6, 6.07) is 10.4. The topological polar surface area (TPSA) is 78.9 Å². The van der Waals surface area contributed by atoms with Crippen molar-refractivity contribution in [2.45, 2.75) is 44.8 Å². The van der Waals surface area contributed by atoms with E-state index < -0.39 is 0 Å². The number of pyridine rings is 1. The third-order valence-corrected chi connectivity index (χ3v) is 4.66. The molecule has 6 nitrogen and oxygen atoms in total. The van der Waals surface area contributed by atoms with Gasteiger partial charge in [0.25, 0.3) is 0 Å². The fourth-order valence-corrected chi connectivity index (χ4v) is 3.32. The number of ether oxygens (including phenoxy) is 1. The molecule has 27 heavy (non-hydrogen) atoms. The number of nitrogens with two attached hydrogens (primary N) is 1. The Hall–Kier alpha value is -2.80. The van der Waals surface area contributed by atoms with Gasteiger partial charge in [-0.25, -0.2) is 9.37 Å². The van der Waals surface area contributed by atoms with Gasteiger partial charge >= 0.3 is 0 Å². The van der Waals surface area contributed by atoms with Crippen molar-refractivity contribution in [2.24, 2.45) is 5.73 Å². The summed E-state index contributed by atoms with van der Waals surface area (Å²) < 4.78 is 22.0. The summed E-state index contributed by atoms with van der Waals surface area (Å²) >= 11 is 0. The minimum Gasteiger partial charge on any atom is -0.489 e. The van der Waals surface area contributed by atoms with Gasteiger partial charge < -0.3 is 10.5 Å². The number of halogens is 1. The van der Waals surface area contributed by atoms with E-state index in [9.17, 15) is 4.39 Å². The van der Waals surface area contributed by atoms with E-state index >= 15 is 0 Å². The van der Waals surface area contributed by atoms with Crippen molar-refractivity contribution in [3.63, 3.8) is 0 Å². The molecule has 0 amide bonds. The molecule has 0 unspecified atom stereocenters. The minimum atomic E-state index is -0.330. The summed E-state index contributed by atoms with van der Waals surface area (Å²) in [5, 5.41) is 8.68. The normalized spacial score (nSPS) is 19.1. The summed E-state index contributed by atoms with van der Waals surface area (Å²) in [6.45, 7) is 3.91. The van der Waals surface area contributed by atoms with Gasteiger partial charge in [-0.15, -0.1) is 10.2 Å². The van der Waals surface area contributed by atoms with Crippen LogP contribution in [0.1, 0.15) is 38.4 Å². The Balaban J connectivity index is 1.78. The quantitative estimate of drug-likeness (QED) is 0.747. The van der Waals surface area contributed by atoms with Crippen molar-refractivity contribution in [1.82, 2.24) is 19.7 Å². The molecule has 0 bridgehead atoms. The third kappa shape index (κ3) is 3.42. The van der Waals surface area contributed by atoms with E-state index in [1.165, 1.54) is 6.07 Å². The van der Waals surface area contributed by atoms with Crippen molar-refractivity contribution in [1.29, 1.82) is 0 Å². The molecule has 0 atom stereocenters. The Labute approximate surface area is 157 Å². The number of hydrogen-bond donors (Lipinski definition) is 1. The van der Waals surface area contributed by atoms with Gasteiger partial charge in [-0.2, -0.15) is 0 Å². The average Bonchev–Trinajstić information content (AvgIpc) is 3.04. The Kier molecular flexibility index (Phi) is 4.61. The zero-order chi connectivity index (χ0) is 19.0. The zero-order valence-electron chi connectivity index (χ0n) is 15.3. The van der Waals surface area contributed by atoms with Crippen LogP contribution in [-0.4, -0.2) is 31.9 Å². The lowest BCUT2D eigenvalue weighted by Crippen LogP contribution is -2.36. The number of nitrogens with zero attached hydrogens (tertiary/aromatic N) is 4. The van der Waals surface area contributed by atoms with Crippen LogP contribution in [0.15, 0.2) is 42.6 Å². The van der Waals surface area contributed by atoms with E-state index in [-0.39, 0.29) is 23.9 Å². The maximum atomic E-state index is 14.6. The predicted octanol–water partition coefficient (Wildman–Crippen LogP) is 3.46. The molecule has 3 aromatic rings. The minimum absolute atomic E-state index is 0.0640. The zero-order valence-corrected chi connectivity index (χ0v) is 15.3. The smallest absolute Gasteiger partial charge is 0.187 e. The van der Waals surface area contributed by atoms with Crippen molar-refractivity contribution >= 4 is 0 Å². The van der Waals surface area contributed by atoms with Crippen LogP contribution in [0.2, 0.25) is 0 Å². The second-order valence-corrected chi connectivity index (χ2v) is 7.14. The van der Waals surface area contributed by atoms with Gasteiger partial charge in [0.1, 0.15) is 23.1 Å². The molecule has 0 spiro atoms. The molecule has 1 aromatic carbocycles. The molecule has 2 N–H and O–H groups in total. The highest BCUT2D eigenvalue weighted by Crippen LogP contribution is 2.37. The van der Waals surface area contributed by atoms with Crippen molar-refractivity contribution in [3.8, 4) is 23.0 Å². The standard InChI is InChI=1S/C20H22FN5O/c1-12(2)27-15-7-8-17(23-11-15)20-25-24-19(13-9-14(22)10-13)26(20)18-6-4-3-5-16(18)21/h3-8,11-14H,9-10,22H2,1-2H3. The number of hydrogen-bond acceptors (Lipinski definition) is 5. The van der Waals surface area contributed by atoms with Gasteiger partial charge in [0.2, 0.25) is 0 Å². The molecular formula is C20H22FN5O. The fraction of sp³-hybridized carbons (Fsp3) is 0.350. The second-order valence-electron chi connectivity index (χ2n) is 7.14. The average molecular weight is 367 g/mol. The Morgan fingerprint density at radius 3 is 2.56 bits per heavy atom. The van der Waals surface area contributed by atoms with Crippen LogP contribution in [-0.2, 0) is 0 Å². The molecule has 2 aromatic heterocycles. The first-order valence-electron chi connectivity index (χ1n) is 9.12. The third-order valence-electron chi connectivity index (χ3n) is 4.66. The van der Waals surface area contributed by atoms with Crippen molar-refractivity contribution < 1.29 is 9.13 Å². The summed E-state index contributed by atoms with van der Waals surface area (Å²) in [5.41, 5.74) is 6.96. The Bertz CT molecular complexity index is 932. The maximum Gasteiger partial charge on any atom is 0.187 e. The lowest BCUT2D eigenvalue weighted by atomic mass is 9.80. The summed E-state index contributed by atoms with van der Waals surface area (Å²) in [6.07, 6.45) is 3.35. The predicted molar refractivity (Wildman–Crippen MR) is 100 cm³/mol. The lowest BCUT2D eigenvalue weighted by molar-refractivity contribution is 0.241. The van der Waals surface area contributed by atoms with Crippen LogP contribution in [0.4, 0.5) is 4.39 Å². The molecule has 0 radical (unpaired) electrons. The van der Waals surface area contributed by atoms with Gasteiger partial charge in [0.15, 0.2) is 5.82 Å². The summed E-state index contributed by atoms with van der Waals surface area (Å²) in [7, 11) is 0. The monoisotopic (exact) mass is 367 g/mol. The van der Waals surface area contributed by atoms with Crippen LogP contribution in [0.3, 0.4) is 0 Å². The highest BCUT2D eigenvalue weighted by Gasteiger charge is 2.33. The molecule has 1 fully saturated rings. The van der Waals surface area contributed by atoms with Crippen LogP contribution in [0, 0.1) is 5.82 Å². The number of benzene rings is 1. The first kappa shape index (κ1) is 17.6. The van der Waals surface area contributed by atoms with E-state index in [2.05, 4.69) is 15.2 Å².